The van der Waals surface area contributed by atoms with E-state index in [-0.39, 0.29) is 10.8 Å². The number of thiophene rings is 1. The molecule has 0 aliphatic heterocycles. The fraction of sp³-hybridized carbons (Fsp3) is 0.0833. The highest BCUT2D eigenvalue weighted by atomic mass is 32.2. The highest BCUT2D eigenvalue weighted by Gasteiger charge is 2.14. The highest BCUT2D eigenvalue weighted by molar-refractivity contribution is 7.94. The lowest BCUT2D eigenvalue weighted by atomic mass is 10.3. The van der Waals surface area contributed by atoms with E-state index in [2.05, 4.69) is 4.72 Å². The summed E-state index contributed by atoms with van der Waals surface area (Å²) in [7, 11) is -3.52. The summed E-state index contributed by atoms with van der Waals surface area (Å²) >= 11 is 1.15. The van der Waals surface area contributed by atoms with Gasteiger partial charge in [0.1, 0.15) is 16.0 Å². The van der Waals surface area contributed by atoms with Gasteiger partial charge < -0.3 is 4.74 Å². The molecule has 0 radical (unpaired) electrons. The molecule has 2 aromatic rings. The van der Waals surface area contributed by atoms with Crippen LogP contribution in [0.25, 0.3) is 0 Å². The Balaban J connectivity index is 2.10. The van der Waals surface area contributed by atoms with E-state index in [0.29, 0.717) is 11.4 Å². The Hall–Kier alpha value is -2.04. The molecule has 0 unspecified atom stereocenters. The minimum Gasteiger partial charge on any atom is -0.479 e. The predicted octanol–water partition coefficient (Wildman–Crippen LogP) is 2.45. The van der Waals surface area contributed by atoms with Crippen molar-refractivity contribution in [1.82, 2.24) is 0 Å². The standard InChI is InChI=1S/C12H10N2O3S2/c13-7-8-17-11-5-3-10(4-6-11)14-19(15,16)12-2-1-9-18-12/h1-6,9,14H,8H2. The maximum Gasteiger partial charge on any atom is 0.271 e. The molecule has 1 N–H and O–H groups in total. The quantitative estimate of drug-likeness (QED) is 0.918. The van der Waals surface area contributed by atoms with Crippen LogP contribution < -0.4 is 9.46 Å². The minimum absolute atomic E-state index is 0.0414. The van der Waals surface area contributed by atoms with Gasteiger partial charge in [-0.3, -0.25) is 4.72 Å². The molecule has 0 fully saturated rings. The normalized spacial score (nSPS) is 10.7. The lowest BCUT2D eigenvalue weighted by molar-refractivity contribution is 0.368. The molecule has 5 nitrogen and oxygen atoms in total. The van der Waals surface area contributed by atoms with Crippen molar-refractivity contribution in [2.75, 3.05) is 11.3 Å². The second-order valence-corrected chi connectivity index (χ2v) is 6.37. The van der Waals surface area contributed by atoms with Crippen molar-refractivity contribution in [3.63, 3.8) is 0 Å². The van der Waals surface area contributed by atoms with Crippen molar-refractivity contribution in [3.8, 4) is 11.8 Å². The molecule has 0 saturated heterocycles. The van der Waals surface area contributed by atoms with Crippen LogP contribution in [0.5, 0.6) is 5.75 Å². The number of nitrogens with one attached hydrogen (secondary N) is 1. The number of ether oxygens (including phenoxy) is 1. The van der Waals surface area contributed by atoms with Gasteiger partial charge in [-0.2, -0.15) is 5.26 Å². The first-order valence-corrected chi connectivity index (χ1v) is 7.64. The van der Waals surface area contributed by atoms with Crippen LogP contribution in [0.3, 0.4) is 0 Å². The summed E-state index contributed by atoms with van der Waals surface area (Å²) in [5, 5.41) is 10.1. The molecule has 0 saturated carbocycles. The summed E-state index contributed by atoms with van der Waals surface area (Å²) in [6, 6.07) is 11.4. The summed E-state index contributed by atoms with van der Waals surface area (Å²) in [5.74, 6) is 0.514. The highest BCUT2D eigenvalue weighted by Crippen LogP contribution is 2.21. The first kappa shape index (κ1) is 13.4. The summed E-state index contributed by atoms with van der Waals surface area (Å²) in [6.45, 7) is -0.0414. The Morgan fingerprint density at radius 1 is 1.26 bits per heavy atom. The molecule has 1 aromatic carbocycles. The first-order valence-electron chi connectivity index (χ1n) is 5.28. The van der Waals surface area contributed by atoms with E-state index in [1.54, 1.807) is 35.7 Å². The van der Waals surface area contributed by atoms with E-state index in [1.165, 1.54) is 6.07 Å². The summed E-state index contributed by atoms with van der Waals surface area (Å²) < 4.78 is 31.7. The van der Waals surface area contributed by atoms with Crippen molar-refractivity contribution in [1.29, 1.82) is 5.26 Å². The van der Waals surface area contributed by atoms with E-state index in [0.717, 1.165) is 11.3 Å². The number of anilines is 1. The van der Waals surface area contributed by atoms with Crippen LogP contribution in [0.15, 0.2) is 46.0 Å². The number of nitriles is 1. The number of rotatable bonds is 5. The lowest BCUT2D eigenvalue weighted by Crippen LogP contribution is -2.11. The van der Waals surface area contributed by atoms with E-state index >= 15 is 0 Å². The van der Waals surface area contributed by atoms with Crippen molar-refractivity contribution in [2.24, 2.45) is 0 Å². The average Bonchev–Trinajstić information content (AvgIpc) is 2.92. The smallest absolute Gasteiger partial charge is 0.271 e. The molecule has 7 heteroatoms. The van der Waals surface area contributed by atoms with Gasteiger partial charge in [0.15, 0.2) is 6.61 Å². The van der Waals surface area contributed by atoms with E-state index in [4.69, 9.17) is 10.00 Å². The predicted molar refractivity (Wildman–Crippen MR) is 72.7 cm³/mol. The average molecular weight is 294 g/mol. The Morgan fingerprint density at radius 3 is 2.58 bits per heavy atom. The molecule has 98 valence electrons. The van der Waals surface area contributed by atoms with Crippen LogP contribution in [0, 0.1) is 11.3 Å². The Labute approximate surface area is 115 Å². The fourth-order valence-corrected chi connectivity index (χ4v) is 3.41. The van der Waals surface area contributed by atoms with Crippen molar-refractivity contribution < 1.29 is 13.2 Å². The van der Waals surface area contributed by atoms with Gasteiger partial charge in [-0.05, 0) is 35.7 Å². The lowest BCUT2D eigenvalue weighted by Gasteiger charge is -2.07. The third kappa shape index (κ3) is 3.47. The molecule has 0 atom stereocenters. The van der Waals surface area contributed by atoms with Crippen molar-refractivity contribution in [3.05, 3.63) is 41.8 Å². The Kier molecular flexibility index (Phi) is 4.04. The molecule has 2 rings (SSSR count). The molecule has 0 aliphatic rings. The Bertz CT molecular complexity index is 671. The van der Waals surface area contributed by atoms with Gasteiger partial charge in [0.25, 0.3) is 10.0 Å². The van der Waals surface area contributed by atoms with E-state index in [1.807, 2.05) is 6.07 Å². The van der Waals surface area contributed by atoms with Gasteiger partial charge in [-0.1, -0.05) is 6.07 Å². The zero-order chi connectivity index (χ0) is 13.7. The zero-order valence-electron chi connectivity index (χ0n) is 9.74. The largest absolute Gasteiger partial charge is 0.479 e. The molecule has 0 spiro atoms. The molecule has 0 aliphatic carbocycles. The van der Waals surface area contributed by atoms with Gasteiger partial charge in [0.05, 0.1) is 0 Å². The summed E-state index contributed by atoms with van der Waals surface area (Å²) in [4.78, 5) is 0. The molecular weight excluding hydrogens is 284 g/mol. The van der Waals surface area contributed by atoms with E-state index in [9.17, 15) is 8.42 Å². The van der Waals surface area contributed by atoms with Gasteiger partial charge in [0, 0.05) is 5.69 Å². The van der Waals surface area contributed by atoms with Crippen molar-refractivity contribution in [2.45, 2.75) is 4.21 Å². The van der Waals surface area contributed by atoms with Gasteiger partial charge in [-0.25, -0.2) is 8.42 Å². The molecular formula is C12H10N2O3S2. The number of hydrogen-bond acceptors (Lipinski definition) is 5. The maximum atomic E-state index is 11.9. The van der Waals surface area contributed by atoms with Gasteiger partial charge in [-0.15, -0.1) is 11.3 Å². The first-order chi connectivity index (χ1) is 9.12. The minimum atomic E-state index is -3.52. The monoisotopic (exact) mass is 294 g/mol. The molecule has 19 heavy (non-hydrogen) atoms. The van der Waals surface area contributed by atoms with Gasteiger partial charge >= 0.3 is 0 Å². The third-order valence-electron chi connectivity index (χ3n) is 2.17. The fourth-order valence-electron chi connectivity index (χ4n) is 1.36. The molecule has 1 aromatic heterocycles. The van der Waals surface area contributed by atoms with Crippen LogP contribution in [0.4, 0.5) is 5.69 Å². The second kappa shape index (κ2) is 5.73. The van der Waals surface area contributed by atoms with Crippen LogP contribution in [0.2, 0.25) is 0 Å². The van der Waals surface area contributed by atoms with Crippen LogP contribution in [-0.4, -0.2) is 15.0 Å². The summed E-state index contributed by atoms with van der Waals surface area (Å²) in [6.07, 6.45) is 0. The number of benzene rings is 1. The molecule has 1 heterocycles. The number of nitrogens with zero attached hydrogens (tertiary/aromatic N) is 1. The molecule has 0 bridgehead atoms. The summed E-state index contributed by atoms with van der Waals surface area (Å²) in [5.41, 5.74) is 0.442. The Morgan fingerprint density at radius 2 is 2.00 bits per heavy atom. The molecule has 0 amide bonds. The van der Waals surface area contributed by atoms with Gasteiger partial charge in [0.2, 0.25) is 0 Å². The number of sulfonamides is 1. The second-order valence-electron chi connectivity index (χ2n) is 3.51. The third-order valence-corrected chi connectivity index (χ3v) is 4.95. The SMILES string of the molecule is N#CCOc1ccc(NS(=O)(=O)c2cccs2)cc1. The maximum absolute atomic E-state index is 11.9. The van der Waals surface area contributed by atoms with Crippen LogP contribution in [0.1, 0.15) is 0 Å². The van der Waals surface area contributed by atoms with Crippen molar-refractivity contribution >= 4 is 27.0 Å². The zero-order valence-corrected chi connectivity index (χ0v) is 11.4. The number of hydrogen-bond donors (Lipinski definition) is 1. The van der Waals surface area contributed by atoms with Crippen LogP contribution >= 0.6 is 11.3 Å². The topological polar surface area (TPSA) is 79.2 Å². The van der Waals surface area contributed by atoms with Crippen LogP contribution in [-0.2, 0) is 10.0 Å². The van der Waals surface area contributed by atoms with E-state index < -0.39 is 10.0 Å².